The Balaban J connectivity index is 0.00000289. The maximum absolute atomic E-state index is 13.5. The zero-order valence-corrected chi connectivity index (χ0v) is 19.0. The van der Waals surface area contributed by atoms with E-state index in [9.17, 15) is 13.6 Å². The molecule has 1 saturated heterocycles. The monoisotopic (exact) mass is 481 g/mol. The first-order valence-corrected chi connectivity index (χ1v) is 10.4. The predicted molar refractivity (Wildman–Crippen MR) is 122 cm³/mol. The Hall–Kier alpha value is -2.55. The number of halogens is 4. The number of hydrogen-bond donors (Lipinski definition) is 0. The first kappa shape index (κ1) is 24.1. The zero-order valence-electron chi connectivity index (χ0n) is 17.5. The molecular weight excluding hydrogens is 459 g/mol. The van der Waals surface area contributed by atoms with Crippen molar-refractivity contribution in [3.05, 3.63) is 70.6 Å². The Labute approximate surface area is 196 Å². The molecule has 0 N–H and O–H groups in total. The van der Waals surface area contributed by atoms with Gasteiger partial charge in [-0.15, -0.1) is 12.4 Å². The molecule has 10 heteroatoms. The minimum atomic E-state index is -0.576. The van der Waals surface area contributed by atoms with Gasteiger partial charge in [0.15, 0.2) is 11.6 Å². The molecule has 0 unspecified atom stereocenters. The number of carbonyl (C=O) groups excluding carboxylic acids is 1. The molecule has 0 radical (unpaired) electrons. The second kappa shape index (κ2) is 10.4. The summed E-state index contributed by atoms with van der Waals surface area (Å²) in [6, 6.07) is 7.04. The van der Waals surface area contributed by atoms with E-state index in [0.717, 1.165) is 24.8 Å². The Kier molecular flexibility index (Phi) is 7.82. The van der Waals surface area contributed by atoms with Gasteiger partial charge in [-0.2, -0.15) is 5.10 Å². The molecule has 4 rings (SSSR count). The molecular formula is C22H23Cl2F2N5O. The average Bonchev–Trinajstić information content (AvgIpc) is 3.13. The fourth-order valence-electron chi connectivity index (χ4n) is 3.75. The highest BCUT2D eigenvalue weighted by atomic mass is 35.5. The molecule has 0 saturated carbocycles. The van der Waals surface area contributed by atoms with Crippen molar-refractivity contribution in [1.82, 2.24) is 19.7 Å². The maximum Gasteiger partial charge on any atom is 0.167 e. The number of carbonyl (C=O) groups is 1. The van der Waals surface area contributed by atoms with Crippen LogP contribution in [0.5, 0.6) is 0 Å². The van der Waals surface area contributed by atoms with Crippen molar-refractivity contribution in [2.45, 2.75) is 13.3 Å². The molecule has 0 spiro atoms. The van der Waals surface area contributed by atoms with Gasteiger partial charge in [0.25, 0.3) is 0 Å². The first-order valence-electron chi connectivity index (χ1n) is 10.0. The van der Waals surface area contributed by atoms with Crippen molar-refractivity contribution in [3.8, 4) is 5.82 Å². The number of Topliss-reactive ketones (excluding diaryl/α,β-unsaturated/α-hetero) is 1. The van der Waals surface area contributed by atoms with Crippen LogP contribution in [0.4, 0.5) is 14.5 Å². The van der Waals surface area contributed by atoms with E-state index in [1.54, 1.807) is 23.0 Å². The number of anilines is 1. The number of ketones is 1. The second-order valence-corrected chi connectivity index (χ2v) is 7.96. The smallest absolute Gasteiger partial charge is 0.167 e. The van der Waals surface area contributed by atoms with Gasteiger partial charge < -0.3 is 4.90 Å². The van der Waals surface area contributed by atoms with Gasteiger partial charge in [0, 0.05) is 57.1 Å². The molecule has 6 nitrogen and oxygen atoms in total. The van der Waals surface area contributed by atoms with Crippen LogP contribution >= 0.6 is 24.0 Å². The zero-order chi connectivity index (χ0) is 22.0. The molecule has 32 heavy (non-hydrogen) atoms. The molecule has 0 aliphatic carbocycles. The number of aromatic nitrogens is 3. The van der Waals surface area contributed by atoms with Gasteiger partial charge in [0.1, 0.15) is 11.6 Å². The van der Waals surface area contributed by atoms with Crippen LogP contribution < -0.4 is 4.90 Å². The molecule has 2 aromatic heterocycles. The topological polar surface area (TPSA) is 54.3 Å². The van der Waals surface area contributed by atoms with Crippen LogP contribution in [0.1, 0.15) is 22.5 Å². The number of nitrogens with zero attached hydrogens (tertiary/aromatic N) is 5. The van der Waals surface area contributed by atoms with Crippen LogP contribution in [-0.4, -0.2) is 58.2 Å². The summed E-state index contributed by atoms with van der Waals surface area (Å²) in [4.78, 5) is 21.1. The molecule has 170 valence electrons. The van der Waals surface area contributed by atoms with Crippen molar-refractivity contribution < 1.29 is 13.6 Å². The lowest BCUT2D eigenvalue weighted by Crippen LogP contribution is -2.47. The molecule has 1 aliphatic rings. The summed E-state index contributed by atoms with van der Waals surface area (Å²) in [5, 5.41) is 4.83. The van der Waals surface area contributed by atoms with Crippen LogP contribution in [-0.2, 0) is 0 Å². The number of benzene rings is 1. The van der Waals surface area contributed by atoms with Crippen molar-refractivity contribution in [2.24, 2.45) is 0 Å². The highest BCUT2D eigenvalue weighted by Gasteiger charge is 2.21. The number of rotatable bonds is 6. The lowest BCUT2D eigenvalue weighted by molar-refractivity contribution is 0.0962. The van der Waals surface area contributed by atoms with E-state index in [1.807, 2.05) is 11.8 Å². The molecule has 3 aromatic rings. The van der Waals surface area contributed by atoms with Gasteiger partial charge >= 0.3 is 0 Å². The van der Waals surface area contributed by atoms with Crippen molar-refractivity contribution in [3.63, 3.8) is 0 Å². The molecule has 1 aromatic carbocycles. The summed E-state index contributed by atoms with van der Waals surface area (Å²) < 4.78 is 28.5. The number of piperazine rings is 1. The van der Waals surface area contributed by atoms with Crippen LogP contribution in [0.2, 0.25) is 5.02 Å². The highest BCUT2D eigenvalue weighted by molar-refractivity contribution is 6.30. The summed E-state index contributed by atoms with van der Waals surface area (Å²) in [6.45, 7) is 5.20. The molecule has 0 bridgehead atoms. The fourth-order valence-corrected chi connectivity index (χ4v) is 3.87. The van der Waals surface area contributed by atoms with Gasteiger partial charge in [-0.25, -0.2) is 18.4 Å². The Morgan fingerprint density at radius 1 is 1.06 bits per heavy atom. The average molecular weight is 482 g/mol. The minimum absolute atomic E-state index is 0. The summed E-state index contributed by atoms with van der Waals surface area (Å²) >= 11 is 5.88. The van der Waals surface area contributed by atoms with Crippen LogP contribution in [0.15, 0.2) is 42.7 Å². The van der Waals surface area contributed by atoms with E-state index in [0.29, 0.717) is 48.1 Å². The van der Waals surface area contributed by atoms with E-state index >= 15 is 0 Å². The molecule has 0 atom stereocenters. The first-order chi connectivity index (χ1) is 14.9. The number of pyridine rings is 1. The summed E-state index contributed by atoms with van der Waals surface area (Å²) in [5.41, 5.74) is 1.86. The third-order valence-corrected chi connectivity index (χ3v) is 5.70. The van der Waals surface area contributed by atoms with Crippen LogP contribution in [0, 0.1) is 18.6 Å². The third kappa shape index (κ3) is 5.43. The fraction of sp³-hybridized carbons (Fsp3) is 0.318. The summed E-state index contributed by atoms with van der Waals surface area (Å²) in [6.07, 6.45) is 3.48. The normalized spacial score (nSPS) is 14.3. The van der Waals surface area contributed by atoms with Gasteiger partial charge in [0.05, 0.1) is 22.5 Å². The number of hydrogen-bond acceptors (Lipinski definition) is 5. The summed E-state index contributed by atoms with van der Waals surface area (Å²) in [5.74, 6) is -0.529. The largest absolute Gasteiger partial charge is 0.369 e. The molecule has 0 amide bonds. The highest BCUT2D eigenvalue weighted by Crippen LogP contribution is 2.20. The second-order valence-electron chi connectivity index (χ2n) is 7.52. The molecule has 3 heterocycles. The van der Waals surface area contributed by atoms with E-state index in [4.69, 9.17) is 11.6 Å². The van der Waals surface area contributed by atoms with Crippen LogP contribution in [0.3, 0.4) is 0 Å². The van der Waals surface area contributed by atoms with Gasteiger partial charge in [0.2, 0.25) is 0 Å². The third-order valence-electron chi connectivity index (χ3n) is 5.48. The Morgan fingerprint density at radius 3 is 2.38 bits per heavy atom. The standard InChI is InChI=1S/C22H22ClF2N5O.ClH/c1-15-20(14-27-30(15)22-3-2-16(23)13-26-22)21(31)4-5-28-6-8-29(9-7-28)19-11-17(24)10-18(25)12-19;/h2-3,10-14H,4-9H2,1H3;1H. The van der Waals surface area contributed by atoms with Gasteiger partial charge in [-0.1, -0.05) is 11.6 Å². The summed E-state index contributed by atoms with van der Waals surface area (Å²) in [7, 11) is 0. The van der Waals surface area contributed by atoms with Crippen LogP contribution in [0.25, 0.3) is 5.82 Å². The van der Waals surface area contributed by atoms with Crippen molar-refractivity contribution >= 4 is 35.5 Å². The molecule has 1 aliphatic heterocycles. The predicted octanol–water partition coefficient (Wildman–Crippen LogP) is 4.32. The lowest BCUT2D eigenvalue weighted by Gasteiger charge is -2.36. The van der Waals surface area contributed by atoms with Gasteiger partial charge in [-0.05, 0) is 31.2 Å². The molecule has 1 fully saturated rings. The maximum atomic E-state index is 13.5. The van der Waals surface area contributed by atoms with Crippen molar-refractivity contribution in [2.75, 3.05) is 37.6 Å². The Bertz CT molecular complexity index is 1060. The minimum Gasteiger partial charge on any atom is -0.369 e. The lowest BCUT2D eigenvalue weighted by atomic mass is 10.1. The van der Waals surface area contributed by atoms with E-state index in [-0.39, 0.29) is 18.2 Å². The van der Waals surface area contributed by atoms with E-state index < -0.39 is 11.6 Å². The SMILES string of the molecule is Cc1c(C(=O)CCN2CCN(c3cc(F)cc(F)c3)CC2)cnn1-c1ccc(Cl)cn1.Cl. The van der Waals surface area contributed by atoms with Gasteiger partial charge in [-0.3, -0.25) is 9.69 Å². The van der Waals surface area contributed by atoms with E-state index in [2.05, 4.69) is 15.0 Å². The quantitative estimate of drug-likeness (QED) is 0.490. The van der Waals surface area contributed by atoms with E-state index in [1.165, 1.54) is 18.3 Å². The Morgan fingerprint density at radius 2 is 1.75 bits per heavy atom. The van der Waals surface area contributed by atoms with Crippen molar-refractivity contribution in [1.29, 1.82) is 0 Å².